The number of aryl methyl sites for hydroxylation is 3. The molecule has 0 unspecified atom stereocenters. The van der Waals surface area contributed by atoms with Gasteiger partial charge in [-0.15, -0.1) is 0 Å². The molecule has 2 N–H and O–H groups in total. The third-order valence-electron chi connectivity index (χ3n) is 2.61. The highest BCUT2D eigenvalue weighted by Gasteiger charge is 2.11. The minimum atomic E-state index is 0.506. The molecule has 0 saturated carbocycles. The lowest BCUT2D eigenvalue weighted by molar-refractivity contribution is 0.786. The fourth-order valence-electron chi connectivity index (χ4n) is 1.70. The van der Waals surface area contributed by atoms with E-state index in [9.17, 15) is 0 Å². The van der Waals surface area contributed by atoms with E-state index in [1.54, 1.807) is 18.0 Å². The molecule has 0 aliphatic heterocycles. The van der Waals surface area contributed by atoms with E-state index in [0.717, 1.165) is 21.4 Å². The normalized spacial score (nSPS) is 10.8. The van der Waals surface area contributed by atoms with Gasteiger partial charge in [0.1, 0.15) is 5.03 Å². The van der Waals surface area contributed by atoms with Gasteiger partial charge in [0.15, 0.2) is 5.16 Å². The maximum absolute atomic E-state index is 5.79. The van der Waals surface area contributed by atoms with Crippen molar-refractivity contribution in [3.8, 4) is 0 Å². The molecular weight excluding hydrogens is 232 g/mol. The zero-order valence-corrected chi connectivity index (χ0v) is 11.1. The van der Waals surface area contributed by atoms with Gasteiger partial charge in [0, 0.05) is 37.2 Å². The Bertz CT molecular complexity index is 533. The van der Waals surface area contributed by atoms with Crippen molar-refractivity contribution in [1.82, 2.24) is 14.5 Å². The molecule has 2 rings (SSSR count). The average molecular weight is 248 g/mol. The lowest BCUT2D eigenvalue weighted by Gasteiger charge is -2.10. The van der Waals surface area contributed by atoms with Gasteiger partial charge in [-0.3, -0.25) is 0 Å². The fourth-order valence-corrected chi connectivity index (χ4v) is 2.75. The lowest BCUT2D eigenvalue weighted by atomic mass is 10.1. The van der Waals surface area contributed by atoms with Crippen molar-refractivity contribution in [1.29, 1.82) is 0 Å². The smallest absolute Gasteiger partial charge is 0.174 e. The van der Waals surface area contributed by atoms with Crippen molar-refractivity contribution in [2.75, 3.05) is 0 Å². The summed E-state index contributed by atoms with van der Waals surface area (Å²) in [5.41, 5.74) is 9.09. The molecule has 17 heavy (non-hydrogen) atoms. The first-order valence-corrected chi connectivity index (χ1v) is 6.26. The van der Waals surface area contributed by atoms with Crippen molar-refractivity contribution >= 4 is 11.8 Å². The highest BCUT2D eigenvalue weighted by molar-refractivity contribution is 7.99. The highest BCUT2D eigenvalue weighted by atomic mass is 32.2. The summed E-state index contributed by atoms with van der Waals surface area (Å²) in [5, 5.41) is 1.89. The summed E-state index contributed by atoms with van der Waals surface area (Å²) in [7, 11) is 1.97. The number of aromatic nitrogens is 3. The summed E-state index contributed by atoms with van der Waals surface area (Å²) in [5.74, 6) is 0. The predicted molar refractivity (Wildman–Crippen MR) is 68.9 cm³/mol. The fraction of sp³-hybridized carbons (Fsp3) is 0.333. The van der Waals surface area contributed by atoms with E-state index in [4.69, 9.17) is 5.73 Å². The maximum atomic E-state index is 5.79. The second kappa shape index (κ2) is 4.89. The second-order valence-corrected chi connectivity index (χ2v) is 4.95. The first kappa shape index (κ1) is 12.1. The monoisotopic (exact) mass is 248 g/mol. The van der Waals surface area contributed by atoms with E-state index in [-0.39, 0.29) is 0 Å². The molecule has 0 amide bonds. The molecule has 0 fully saturated rings. The summed E-state index contributed by atoms with van der Waals surface area (Å²) in [6.07, 6.45) is 3.71. The summed E-state index contributed by atoms with van der Waals surface area (Å²) < 4.78 is 1.98. The van der Waals surface area contributed by atoms with Gasteiger partial charge in [0.25, 0.3) is 0 Å². The van der Waals surface area contributed by atoms with Gasteiger partial charge in [0.2, 0.25) is 0 Å². The zero-order valence-electron chi connectivity index (χ0n) is 10.3. The number of rotatable bonds is 3. The Hall–Kier alpha value is -1.33. The van der Waals surface area contributed by atoms with Crippen LogP contribution in [0, 0.1) is 13.8 Å². The highest BCUT2D eigenvalue weighted by Crippen LogP contribution is 2.29. The standard InChI is InChI=1S/C12H16N4S/c1-8-6-9(2)15-11(10(8)7-13)17-12-14-4-5-16(12)3/h4-6H,7,13H2,1-3H3. The SMILES string of the molecule is Cc1cc(C)c(CN)c(Sc2nccn2C)n1. The average Bonchev–Trinajstić information content (AvgIpc) is 2.64. The molecule has 0 atom stereocenters. The van der Waals surface area contributed by atoms with Crippen LogP contribution >= 0.6 is 11.8 Å². The topological polar surface area (TPSA) is 56.7 Å². The van der Waals surface area contributed by atoms with Gasteiger partial charge in [-0.25, -0.2) is 9.97 Å². The number of imidazole rings is 1. The van der Waals surface area contributed by atoms with Gasteiger partial charge in [-0.05, 0) is 37.2 Å². The molecule has 0 aliphatic rings. The van der Waals surface area contributed by atoms with E-state index in [1.165, 1.54) is 5.56 Å². The molecule has 5 heteroatoms. The van der Waals surface area contributed by atoms with Gasteiger partial charge in [-0.2, -0.15) is 0 Å². The van der Waals surface area contributed by atoms with Crippen LogP contribution in [0.4, 0.5) is 0 Å². The second-order valence-electron chi connectivity index (χ2n) is 3.99. The molecule has 4 nitrogen and oxygen atoms in total. The largest absolute Gasteiger partial charge is 0.329 e. The molecule has 2 heterocycles. The van der Waals surface area contributed by atoms with Crippen LogP contribution in [0.3, 0.4) is 0 Å². The molecule has 0 radical (unpaired) electrons. The first-order valence-electron chi connectivity index (χ1n) is 5.44. The Kier molecular flexibility index (Phi) is 3.49. The van der Waals surface area contributed by atoms with Crippen molar-refractivity contribution in [3.63, 3.8) is 0 Å². The Morgan fingerprint density at radius 1 is 1.41 bits per heavy atom. The zero-order chi connectivity index (χ0) is 12.4. The summed E-state index contributed by atoms with van der Waals surface area (Å²) in [6.45, 7) is 4.57. The van der Waals surface area contributed by atoms with Crippen LogP contribution in [-0.2, 0) is 13.6 Å². The Balaban J connectivity index is 2.41. The summed E-state index contributed by atoms with van der Waals surface area (Å²) >= 11 is 1.56. The molecule has 90 valence electrons. The first-order chi connectivity index (χ1) is 8.11. The predicted octanol–water partition coefficient (Wildman–Crippen LogP) is 2.04. The van der Waals surface area contributed by atoms with Crippen LogP contribution in [-0.4, -0.2) is 14.5 Å². The van der Waals surface area contributed by atoms with Crippen molar-refractivity contribution < 1.29 is 0 Å². The minimum Gasteiger partial charge on any atom is -0.329 e. The Morgan fingerprint density at radius 3 is 2.76 bits per heavy atom. The van der Waals surface area contributed by atoms with Crippen LogP contribution < -0.4 is 5.73 Å². The Labute approximate surface area is 105 Å². The van der Waals surface area contributed by atoms with E-state index >= 15 is 0 Å². The molecule has 2 aromatic heterocycles. The van der Waals surface area contributed by atoms with Crippen molar-refractivity contribution in [2.24, 2.45) is 12.8 Å². The van der Waals surface area contributed by atoms with E-state index in [0.29, 0.717) is 6.54 Å². The van der Waals surface area contributed by atoms with E-state index in [1.807, 2.05) is 24.7 Å². The molecule has 0 bridgehead atoms. The van der Waals surface area contributed by atoms with Crippen molar-refractivity contribution in [2.45, 2.75) is 30.6 Å². The number of nitrogens with zero attached hydrogens (tertiary/aromatic N) is 3. The number of nitrogens with two attached hydrogens (primary N) is 1. The lowest BCUT2D eigenvalue weighted by Crippen LogP contribution is -2.04. The number of pyridine rings is 1. The number of hydrogen-bond donors (Lipinski definition) is 1. The molecule has 0 saturated heterocycles. The van der Waals surface area contributed by atoms with Crippen LogP contribution in [0.2, 0.25) is 0 Å². The molecule has 2 aromatic rings. The summed E-state index contributed by atoms with van der Waals surface area (Å²) in [6, 6.07) is 2.06. The van der Waals surface area contributed by atoms with Crippen LogP contribution in [0.15, 0.2) is 28.6 Å². The number of hydrogen-bond acceptors (Lipinski definition) is 4. The Morgan fingerprint density at radius 2 is 2.18 bits per heavy atom. The minimum absolute atomic E-state index is 0.506. The molecular formula is C12H16N4S. The van der Waals surface area contributed by atoms with Crippen molar-refractivity contribution in [3.05, 3.63) is 35.3 Å². The molecule has 0 spiro atoms. The van der Waals surface area contributed by atoms with Gasteiger partial charge < -0.3 is 10.3 Å². The van der Waals surface area contributed by atoms with E-state index < -0.39 is 0 Å². The third kappa shape index (κ3) is 2.50. The maximum Gasteiger partial charge on any atom is 0.174 e. The van der Waals surface area contributed by atoms with Crippen LogP contribution in [0.5, 0.6) is 0 Å². The van der Waals surface area contributed by atoms with Gasteiger partial charge >= 0.3 is 0 Å². The summed E-state index contributed by atoms with van der Waals surface area (Å²) in [4.78, 5) is 8.84. The van der Waals surface area contributed by atoms with Gasteiger partial charge in [-0.1, -0.05) is 0 Å². The third-order valence-corrected chi connectivity index (χ3v) is 3.71. The van der Waals surface area contributed by atoms with Gasteiger partial charge in [0.05, 0.1) is 0 Å². The molecule has 0 aromatic carbocycles. The van der Waals surface area contributed by atoms with Crippen LogP contribution in [0.1, 0.15) is 16.8 Å². The van der Waals surface area contributed by atoms with Crippen LogP contribution in [0.25, 0.3) is 0 Å². The quantitative estimate of drug-likeness (QED) is 0.903. The van der Waals surface area contributed by atoms with E-state index in [2.05, 4.69) is 23.0 Å². The molecule has 0 aliphatic carbocycles.